The number of anilines is 1. The lowest BCUT2D eigenvalue weighted by Gasteiger charge is -2.21. The van der Waals surface area contributed by atoms with Crippen molar-refractivity contribution in [1.82, 2.24) is 4.98 Å². The van der Waals surface area contributed by atoms with Gasteiger partial charge in [-0.2, -0.15) is 0 Å². The Labute approximate surface area is 204 Å². The van der Waals surface area contributed by atoms with E-state index in [0.717, 1.165) is 17.8 Å². The van der Waals surface area contributed by atoms with E-state index in [1.165, 1.54) is 23.3 Å². The molecule has 3 aromatic rings. The summed E-state index contributed by atoms with van der Waals surface area (Å²) in [5.41, 5.74) is 0.734. The van der Waals surface area contributed by atoms with Crippen molar-refractivity contribution in [3.05, 3.63) is 68.4 Å². The number of hydrogen-bond donors (Lipinski definition) is 1. The molecule has 0 bridgehead atoms. The van der Waals surface area contributed by atoms with E-state index in [9.17, 15) is 19.5 Å². The van der Waals surface area contributed by atoms with Crippen molar-refractivity contribution in [1.29, 1.82) is 0 Å². The van der Waals surface area contributed by atoms with Gasteiger partial charge in [-0.25, -0.2) is 9.78 Å². The predicted molar refractivity (Wildman–Crippen MR) is 130 cm³/mol. The summed E-state index contributed by atoms with van der Waals surface area (Å²) in [6.45, 7) is 4.20. The van der Waals surface area contributed by atoms with Gasteiger partial charge in [0, 0.05) is 10.4 Å². The van der Waals surface area contributed by atoms with E-state index >= 15 is 0 Å². The fourth-order valence-corrected chi connectivity index (χ4v) is 5.43. The maximum Gasteiger partial charge on any atom is 0.350 e. The summed E-state index contributed by atoms with van der Waals surface area (Å²) in [5, 5.41) is 13.2. The van der Waals surface area contributed by atoms with Crippen molar-refractivity contribution in [2.24, 2.45) is 0 Å². The minimum Gasteiger partial charge on any atom is -0.507 e. The van der Waals surface area contributed by atoms with Gasteiger partial charge in [-0.05, 0) is 49.1 Å². The average molecular weight is 499 g/mol. The topological polar surface area (TPSA) is 106 Å². The lowest BCUT2D eigenvalue weighted by molar-refractivity contribution is -0.132. The van der Waals surface area contributed by atoms with E-state index in [-0.39, 0.29) is 21.3 Å². The summed E-state index contributed by atoms with van der Waals surface area (Å²) in [7, 11) is 1.26. The number of thiazole rings is 1. The Balaban J connectivity index is 1.81. The van der Waals surface area contributed by atoms with E-state index in [1.807, 2.05) is 12.3 Å². The number of Topliss-reactive ketones (excluding diaryl/α,β-unsaturated/α-hetero) is 1. The number of ether oxygens (including phenoxy) is 2. The Bertz CT molecular complexity index is 1260. The van der Waals surface area contributed by atoms with E-state index < -0.39 is 23.7 Å². The molecule has 34 heavy (non-hydrogen) atoms. The number of amides is 1. The van der Waals surface area contributed by atoms with Gasteiger partial charge in [0.2, 0.25) is 0 Å². The highest BCUT2D eigenvalue weighted by atomic mass is 32.1. The zero-order valence-electron chi connectivity index (χ0n) is 18.7. The number of aryl methyl sites for hydroxylation is 1. The predicted octanol–water partition coefficient (Wildman–Crippen LogP) is 4.71. The quantitative estimate of drug-likeness (QED) is 0.218. The Morgan fingerprint density at radius 3 is 2.56 bits per heavy atom. The summed E-state index contributed by atoms with van der Waals surface area (Å²) in [4.78, 5) is 44.9. The van der Waals surface area contributed by atoms with Crippen LogP contribution in [0, 0.1) is 6.92 Å². The van der Waals surface area contributed by atoms with Gasteiger partial charge in [0.15, 0.2) is 5.13 Å². The minimum absolute atomic E-state index is 0.0397. The number of rotatable bonds is 7. The van der Waals surface area contributed by atoms with Gasteiger partial charge in [-0.15, -0.1) is 11.3 Å². The van der Waals surface area contributed by atoms with Crippen molar-refractivity contribution in [2.45, 2.75) is 26.3 Å². The molecule has 1 amide bonds. The number of carbonyl (C=O) groups is 3. The number of esters is 1. The second-order valence-electron chi connectivity index (χ2n) is 7.46. The van der Waals surface area contributed by atoms with Crippen LogP contribution in [0.3, 0.4) is 0 Å². The third-order valence-corrected chi connectivity index (χ3v) is 7.28. The molecule has 176 valence electrons. The van der Waals surface area contributed by atoms with Crippen LogP contribution in [-0.4, -0.2) is 41.5 Å². The summed E-state index contributed by atoms with van der Waals surface area (Å²) in [6.07, 6.45) is 0.861. The van der Waals surface area contributed by atoms with Crippen LogP contribution in [0.5, 0.6) is 5.75 Å². The SMILES string of the molecule is CCCOc1ccc(/C(O)=C2\C(=O)C(=O)N(c3nc(C)c(C(=O)OC)s3)[C@@H]2c2cccs2)cc1. The molecule has 10 heteroatoms. The summed E-state index contributed by atoms with van der Waals surface area (Å²) < 4.78 is 10.4. The van der Waals surface area contributed by atoms with Crippen LogP contribution in [0.25, 0.3) is 5.76 Å². The van der Waals surface area contributed by atoms with Crippen LogP contribution < -0.4 is 9.64 Å². The number of ketones is 1. The summed E-state index contributed by atoms with van der Waals surface area (Å²) in [5.74, 6) is -1.87. The van der Waals surface area contributed by atoms with Crippen LogP contribution in [0.2, 0.25) is 0 Å². The molecular weight excluding hydrogens is 476 g/mol. The van der Waals surface area contributed by atoms with Crippen LogP contribution >= 0.6 is 22.7 Å². The van der Waals surface area contributed by atoms with Crippen molar-refractivity contribution in [3.63, 3.8) is 0 Å². The van der Waals surface area contributed by atoms with Gasteiger partial charge < -0.3 is 14.6 Å². The zero-order valence-corrected chi connectivity index (χ0v) is 20.4. The maximum absolute atomic E-state index is 13.2. The number of methoxy groups -OCH3 is 1. The molecule has 1 N–H and O–H groups in total. The lowest BCUT2D eigenvalue weighted by Crippen LogP contribution is -2.29. The van der Waals surface area contributed by atoms with Gasteiger partial charge in [0.1, 0.15) is 22.4 Å². The molecule has 0 radical (unpaired) electrons. The fraction of sp³-hybridized carbons (Fsp3) is 0.250. The van der Waals surface area contributed by atoms with Gasteiger partial charge in [-0.3, -0.25) is 14.5 Å². The first kappa shape index (κ1) is 23.7. The Morgan fingerprint density at radius 2 is 1.94 bits per heavy atom. The number of aliphatic hydroxyl groups excluding tert-OH is 1. The molecule has 1 aliphatic rings. The van der Waals surface area contributed by atoms with Gasteiger partial charge in [0.05, 0.1) is 25.0 Å². The highest BCUT2D eigenvalue weighted by Gasteiger charge is 2.48. The van der Waals surface area contributed by atoms with Crippen molar-refractivity contribution >= 4 is 51.2 Å². The number of nitrogens with zero attached hydrogens (tertiary/aromatic N) is 2. The van der Waals surface area contributed by atoms with Crippen LogP contribution in [0.4, 0.5) is 5.13 Å². The summed E-state index contributed by atoms with van der Waals surface area (Å²) >= 11 is 2.31. The van der Waals surface area contributed by atoms with E-state index in [1.54, 1.807) is 43.3 Å². The average Bonchev–Trinajstić information content (AvgIpc) is 3.56. The standard InChI is InChI=1S/C24H22N2O6S2/c1-4-11-32-15-9-7-14(8-10-15)19(27)17-18(16-6-5-12-33-16)26(22(29)20(17)28)24-25-13(2)21(34-24)23(30)31-3/h5-10,12,18,27H,4,11H2,1-3H3/b19-17+/t18-/m1/s1. The molecule has 1 aliphatic heterocycles. The van der Waals surface area contributed by atoms with Gasteiger partial charge in [0.25, 0.3) is 5.78 Å². The van der Waals surface area contributed by atoms with E-state index in [2.05, 4.69) is 4.98 Å². The molecule has 2 aromatic heterocycles. The monoisotopic (exact) mass is 498 g/mol. The second-order valence-corrected chi connectivity index (χ2v) is 9.42. The molecule has 0 saturated carbocycles. The van der Waals surface area contributed by atoms with Crippen LogP contribution in [0.1, 0.15) is 45.2 Å². The molecule has 0 unspecified atom stereocenters. The molecular formula is C24H22N2O6S2. The first-order chi connectivity index (χ1) is 16.4. The molecule has 1 saturated heterocycles. The number of carbonyl (C=O) groups excluding carboxylic acids is 3. The smallest absolute Gasteiger partial charge is 0.350 e. The fourth-order valence-electron chi connectivity index (χ4n) is 3.60. The van der Waals surface area contributed by atoms with Crippen molar-refractivity contribution in [2.75, 3.05) is 18.6 Å². The second kappa shape index (κ2) is 9.78. The first-order valence-electron chi connectivity index (χ1n) is 10.5. The molecule has 4 rings (SSSR count). The van der Waals surface area contributed by atoms with Crippen molar-refractivity contribution < 1.29 is 29.0 Å². The van der Waals surface area contributed by atoms with E-state index in [4.69, 9.17) is 9.47 Å². The third-order valence-electron chi connectivity index (χ3n) is 5.22. The molecule has 3 heterocycles. The molecule has 0 aliphatic carbocycles. The molecule has 1 atom stereocenters. The number of hydrogen-bond acceptors (Lipinski definition) is 9. The van der Waals surface area contributed by atoms with Crippen LogP contribution in [0.15, 0.2) is 47.4 Å². The number of aromatic nitrogens is 1. The molecule has 1 fully saturated rings. The molecule has 0 spiro atoms. The zero-order chi connectivity index (χ0) is 24.4. The first-order valence-corrected chi connectivity index (χ1v) is 12.2. The lowest BCUT2D eigenvalue weighted by atomic mass is 10.00. The van der Waals surface area contributed by atoms with Crippen LogP contribution in [-0.2, 0) is 14.3 Å². The molecule has 8 nitrogen and oxygen atoms in total. The summed E-state index contributed by atoms with van der Waals surface area (Å²) in [6, 6.07) is 9.39. The highest BCUT2D eigenvalue weighted by molar-refractivity contribution is 7.18. The van der Waals surface area contributed by atoms with Gasteiger partial charge >= 0.3 is 11.9 Å². The largest absolute Gasteiger partial charge is 0.507 e. The third kappa shape index (κ3) is 4.22. The highest BCUT2D eigenvalue weighted by Crippen LogP contribution is 2.45. The number of aliphatic hydroxyl groups is 1. The minimum atomic E-state index is -0.882. The Morgan fingerprint density at radius 1 is 1.21 bits per heavy atom. The normalized spacial score (nSPS) is 17.3. The van der Waals surface area contributed by atoms with Gasteiger partial charge in [-0.1, -0.05) is 24.3 Å². The Hall–Kier alpha value is -3.50. The van der Waals surface area contributed by atoms with Crippen molar-refractivity contribution in [3.8, 4) is 5.75 Å². The van der Waals surface area contributed by atoms with E-state index in [0.29, 0.717) is 28.5 Å². The molecule has 1 aromatic carbocycles. The Kier molecular flexibility index (Phi) is 6.80. The number of benzene rings is 1. The maximum atomic E-state index is 13.2. The number of thiophene rings is 1.